The van der Waals surface area contributed by atoms with Gasteiger partial charge < -0.3 is 90.9 Å². The van der Waals surface area contributed by atoms with Gasteiger partial charge in [-0.05, 0) is 201 Å². The van der Waals surface area contributed by atoms with E-state index in [0.717, 1.165) is 55.9 Å². The maximum atomic E-state index is 12.9. The number of hydrogen-bond donors (Lipinski definition) is 20. The van der Waals surface area contributed by atoms with Crippen LogP contribution in [-0.2, 0) is 24.0 Å². The van der Waals surface area contributed by atoms with Crippen LogP contribution < -0.4 is 81.8 Å². The molecule has 760 valence electrons. The topological polar surface area (TPSA) is 655 Å². The van der Waals surface area contributed by atoms with Crippen LogP contribution in [0.3, 0.4) is 0 Å². The van der Waals surface area contributed by atoms with E-state index in [1.54, 1.807) is 120 Å². The molecule has 0 saturated carbocycles. The van der Waals surface area contributed by atoms with Crippen molar-refractivity contribution >= 4 is 205 Å². The second-order valence-corrected chi connectivity index (χ2v) is 36.0. The van der Waals surface area contributed by atoms with Gasteiger partial charge in [0.25, 0.3) is 29.5 Å². The molecular formula is C105H100N30O12S3. The Morgan fingerprint density at radius 2 is 0.640 bits per heavy atom. The second-order valence-electron chi connectivity index (χ2n) is 33.4. The molecule has 20 rings (SSSR count). The Hall–Kier alpha value is -18.6. The third-order valence-corrected chi connectivity index (χ3v) is 25.7. The summed E-state index contributed by atoms with van der Waals surface area (Å²) >= 11 is 3.60. The highest BCUT2D eigenvalue weighted by Gasteiger charge is 2.29. The van der Waals surface area contributed by atoms with E-state index in [4.69, 9.17) is 33.2 Å². The Balaban J connectivity index is 0.000000133. The first-order valence-electron chi connectivity index (χ1n) is 47.0. The highest BCUT2D eigenvalue weighted by atomic mass is 32.1. The fourth-order valence-corrected chi connectivity index (χ4v) is 17.6. The van der Waals surface area contributed by atoms with Crippen LogP contribution in [0, 0.1) is 0 Å². The van der Waals surface area contributed by atoms with Crippen molar-refractivity contribution < 1.29 is 57.0 Å². The standard InChI is InChI=1S/2C21H20N6O3.3C21H20N6O2S/c22-10-8-15(13-4-2-1-3-5-13)20(28)23-14-6-7-17-16(12-14)19(26-25-17)24-21(29)18-9-11-30-27-18;2*22-10-8-15(13-4-2-1-3-5-13)20(28)24-14-6-7-17-16(12-14)19(27-26-17)25-21(29)18-9-11-23-30-18;22-9-8-15(13-4-2-1-3-5-13)20(28)24-14-6-7-17-16(10-14)19(27-26-17)25-21(29)18-11-23-12-30-18;22-9-8-15(13-4-2-1-3-5-13)19(28)24-14-6-7-17-16(12-14)18(27-26-17)25-20(29)21-23-10-11-30-21/h1-7,9,11-12,15H,8,10,22H2,(H,23,28)(H2,24,25,26,29);2*1-7,9,11-12,15H,8,10,22H2,(H,24,28)(H2,25,26,27,29);2*1-7,10-12,15H,8-9,22H2,(H,24,28)(H2,25,26,27,29). The lowest BCUT2D eigenvalue weighted by Crippen LogP contribution is -2.23. The molecule has 10 aromatic carbocycles. The largest absolute Gasteiger partial charge is 0.364 e. The molecule has 0 fully saturated rings. The number of amides is 10. The molecule has 45 heteroatoms. The molecule has 0 spiro atoms. The van der Waals surface area contributed by atoms with Gasteiger partial charge in [0, 0.05) is 85.3 Å². The van der Waals surface area contributed by atoms with E-state index >= 15 is 0 Å². The molecule has 0 bridgehead atoms. The van der Waals surface area contributed by atoms with E-state index in [0.29, 0.717) is 175 Å². The molecule has 5 unspecified atom stereocenters. The van der Waals surface area contributed by atoms with Crippen molar-refractivity contribution in [2.45, 2.75) is 61.7 Å². The van der Waals surface area contributed by atoms with Gasteiger partial charge in [-0.15, -0.1) is 22.7 Å². The molecule has 25 N–H and O–H groups in total. The summed E-state index contributed by atoms with van der Waals surface area (Å²) in [5.74, 6) is -2.40. The summed E-state index contributed by atoms with van der Waals surface area (Å²) in [5.41, 5.74) is 41.6. The van der Waals surface area contributed by atoms with Crippen LogP contribution in [0.4, 0.5) is 57.5 Å². The first-order valence-corrected chi connectivity index (χ1v) is 49.6. The zero-order valence-corrected chi connectivity index (χ0v) is 82.3. The van der Waals surface area contributed by atoms with Crippen LogP contribution in [0.25, 0.3) is 54.5 Å². The quantitative estimate of drug-likeness (QED) is 0.0175. The molecular weight excluding hydrogens is 1970 g/mol. The maximum Gasteiger partial charge on any atom is 0.295 e. The van der Waals surface area contributed by atoms with Crippen molar-refractivity contribution in [3.63, 3.8) is 0 Å². The van der Waals surface area contributed by atoms with Gasteiger partial charge in [-0.1, -0.05) is 162 Å². The molecule has 0 saturated heterocycles. The number of anilines is 10. The lowest BCUT2D eigenvalue weighted by atomic mass is 9.94. The average Bonchev–Trinajstić information content (AvgIpc) is 1.68. The number of nitrogens with two attached hydrogens (primary N) is 5. The van der Waals surface area contributed by atoms with E-state index in [1.807, 2.05) is 152 Å². The molecule has 5 atom stereocenters. The Labute approximate surface area is 865 Å². The normalized spacial score (nSPS) is 11.9. The molecule has 0 aliphatic rings. The van der Waals surface area contributed by atoms with Gasteiger partial charge in [-0.2, -0.15) is 25.5 Å². The molecule has 10 heterocycles. The summed E-state index contributed by atoms with van der Waals surface area (Å²) in [5, 5.41) is 76.1. The van der Waals surface area contributed by atoms with E-state index in [2.05, 4.69) is 133 Å². The predicted molar refractivity (Wildman–Crippen MR) is 577 cm³/mol. The molecule has 150 heavy (non-hydrogen) atoms. The molecule has 42 nitrogen and oxygen atoms in total. The van der Waals surface area contributed by atoms with Crippen molar-refractivity contribution in [2.24, 2.45) is 28.7 Å². The Morgan fingerprint density at radius 3 is 0.913 bits per heavy atom. The van der Waals surface area contributed by atoms with Gasteiger partial charge in [0.1, 0.15) is 16.0 Å². The number of carbonyl (C=O) groups excluding carboxylic acids is 10. The van der Waals surface area contributed by atoms with Gasteiger partial charge in [-0.25, -0.2) is 9.36 Å². The van der Waals surface area contributed by atoms with E-state index in [1.165, 1.54) is 53.5 Å². The highest BCUT2D eigenvalue weighted by molar-refractivity contribution is 7.12. The molecule has 20 aromatic rings. The van der Waals surface area contributed by atoms with Crippen molar-refractivity contribution in [1.29, 1.82) is 0 Å². The minimum absolute atomic E-state index is 0.0723. The van der Waals surface area contributed by atoms with Gasteiger partial charge in [0.2, 0.25) is 35.3 Å². The number of benzene rings is 10. The van der Waals surface area contributed by atoms with Gasteiger partial charge in [-0.3, -0.25) is 78.4 Å². The van der Waals surface area contributed by atoms with Crippen LogP contribution in [0.5, 0.6) is 0 Å². The lowest BCUT2D eigenvalue weighted by molar-refractivity contribution is -0.118. The summed E-state index contributed by atoms with van der Waals surface area (Å²) in [6, 6.07) is 79.0. The summed E-state index contributed by atoms with van der Waals surface area (Å²) in [6.07, 6.45) is 10.0. The smallest absolute Gasteiger partial charge is 0.295 e. The molecule has 10 amide bonds. The van der Waals surface area contributed by atoms with Gasteiger partial charge in [0.05, 0.1) is 75.1 Å². The number of aromatic nitrogens is 15. The zero-order valence-electron chi connectivity index (χ0n) is 79.8. The second kappa shape index (κ2) is 51.2. The Bertz CT molecular complexity index is 6860. The van der Waals surface area contributed by atoms with Crippen LogP contribution >= 0.6 is 34.2 Å². The number of carbonyl (C=O) groups is 10. The SMILES string of the molecule is NCCC(C(=O)Nc1ccc2[nH]nc(NC(=O)c3ccno3)c2c1)c1ccccc1.NCCC(C(=O)Nc1ccc2[nH]nc(NC(=O)c3ccns3)c2c1)c1ccccc1.NCCC(C(=O)Nc1ccc2[nH]nc(NC(=O)c3ccon3)c2c1)c1ccccc1.NCCC(C(=O)Nc1ccc2[nH]nc(NC(=O)c3cncs3)c2c1)c1ccccc1.NCCC(C(=O)Nc1ccc2[nH]nc(NC(=O)c3nccs3)c2c1)c1ccccc1. The Kier molecular flexibility index (Phi) is 35.6. The minimum Gasteiger partial charge on any atom is -0.364 e. The molecule has 0 radical (unpaired) electrons. The predicted octanol–water partition coefficient (Wildman–Crippen LogP) is 15.8. The van der Waals surface area contributed by atoms with Gasteiger partial charge in [0.15, 0.2) is 39.8 Å². The van der Waals surface area contributed by atoms with Crippen LogP contribution in [0.15, 0.2) is 312 Å². The first-order chi connectivity index (χ1) is 73.3. The fourth-order valence-electron chi connectivity index (χ4n) is 16.1. The number of hydrogen-bond acceptors (Lipinski definition) is 30. The zero-order chi connectivity index (χ0) is 105. The monoisotopic (exact) mass is 2070 g/mol. The van der Waals surface area contributed by atoms with Crippen molar-refractivity contribution in [2.75, 3.05) is 85.9 Å². The summed E-state index contributed by atoms with van der Waals surface area (Å²) < 4.78 is 13.5. The minimum atomic E-state index is -0.470. The third kappa shape index (κ3) is 26.9. The van der Waals surface area contributed by atoms with Crippen molar-refractivity contribution in [1.82, 2.24) is 75.6 Å². The summed E-state index contributed by atoms with van der Waals surface area (Å²) in [6.45, 7) is 2.00. The lowest BCUT2D eigenvalue weighted by Gasteiger charge is -2.16. The highest BCUT2D eigenvalue weighted by Crippen LogP contribution is 2.35. The fraction of sp³-hybridized carbons (Fsp3) is 0.143. The third-order valence-electron chi connectivity index (χ3n) is 23.5. The average molecular weight is 2070 g/mol. The van der Waals surface area contributed by atoms with Crippen LogP contribution in [-0.4, -0.2) is 167 Å². The van der Waals surface area contributed by atoms with Crippen molar-refractivity contribution in [3.05, 3.63) is 357 Å². The van der Waals surface area contributed by atoms with E-state index < -0.39 is 11.8 Å². The summed E-state index contributed by atoms with van der Waals surface area (Å²) in [7, 11) is 0. The van der Waals surface area contributed by atoms with E-state index in [9.17, 15) is 47.9 Å². The number of rotatable bonds is 35. The maximum absolute atomic E-state index is 12.9. The molecule has 0 aliphatic heterocycles. The number of aromatic amines is 5. The van der Waals surface area contributed by atoms with Crippen molar-refractivity contribution in [3.8, 4) is 0 Å². The number of thiazole rings is 2. The number of H-pyrrole nitrogens is 5. The van der Waals surface area contributed by atoms with E-state index in [-0.39, 0.29) is 88.3 Å². The number of fused-ring (bicyclic) bond motifs is 5. The first kappa shape index (κ1) is 104. The van der Waals surface area contributed by atoms with Gasteiger partial charge >= 0.3 is 0 Å². The molecule has 0 aliphatic carbocycles. The number of nitrogens with one attached hydrogen (secondary N) is 15. The Morgan fingerprint density at radius 1 is 0.320 bits per heavy atom. The summed E-state index contributed by atoms with van der Waals surface area (Å²) in [4.78, 5) is 135. The van der Waals surface area contributed by atoms with Crippen LogP contribution in [0.2, 0.25) is 0 Å². The number of nitrogens with zero attached hydrogens (tertiary/aromatic N) is 10. The molecule has 10 aromatic heterocycles. The van der Waals surface area contributed by atoms with Crippen LogP contribution in [0.1, 0.15) is 140 Å².